The normalized spacial score (nSPS) is 36.8. The third kappa shape index (κ3) is 1.52. The van der Waals surface area contributed by atoms with E-state index in [-0.39, 0.29) is 11.5 Å². The number of carboxylic acid groups (broad SMARTS) is 2. The SMILES string of the molecule is CC12OC(C)(C3=C1Oc1ccccc1O3)C(C(=O)O)C2C(=O)O. The first-order valence-corrected chi connectivity index (χ1v) is 7.15. The van der Waals surface area contributed by atoms with Crippen LogP contribution in [0.25, 0.3) is 0 Å². The average molecular weight is 318 g/mol. The number of ether oxygens (including phenoxy) is 3. The summed E-state index contributed by atoms with van der Waals surface area (Å²) in [6.45, 7) is 3.07. The monoisotopic (exact) mass is 318 g/mol. The summed E-state index contributed by atoms with van der Waals surface area (Å²) in [5.41, 5.74) is -2.79. The summed E-state index contributed by atoms with van der Waals surface area (Å²) in [7, 11) is 0. The maximum atomic E-state index is 11.7. The van der Waals surface area contributed by atoms with Crippen molar-refractivity contribution in [2.75, 3.05) is 0 Å². The van der Waals surface area contributed by atoms with Gasteiger partial charge < -0.3 is 24.4 Å². The summed E-state index contributed by atoms with van der Waals surface area (Å²) in [6, 6.07) is 6.92. The Balaban J connectivity index is 1.91. The van der Waals surface area contributed by atoms with Gasteiger partial charge in [-0.15, -0.1) is 0 Å². The van der Waals surface area contributed by atoms with Crippen LogP contribution in [-0.4, -0.2) is 33.4 Å². The van der Waals surface area contributed by atoms with Crippen LogP contribution in [0.1, 0.15) is 13.8 Å². The molecule has 1 fully saturated rings. The highest BCUT2D eigenvalue weighted by molar-refractivity contribution is 5.85. The highest BCUT2D eigenvalue weighted by Gasteiger charge is 2.75. The lowest BCUT2D eigenvalue weighted by Crippen LogP contribution is -2.50. The fourth-order valence-electron chi connectivity index (χ4n) is 3.92. The third-order valence-corrected chi connectivity index (χ3v) is 4.86. The molecule has 1 aromatic rings. The minimum Gasteiger partial charge on any atom is -0.481 e. The summed E-state index contributed by atoms with van der Waals surface area (Å²) >= 11 is 0. The number of hydrogen-bond donors (Lipinski definition) is 2. The molecule has 0 spiro atoms. The Morgan fingerprint density at radius 3 is 1.65 bits per heavy atom. The standard InChI is InChI=1S/C16H14O7/c1-15-9(13(17)18)10(14(19)20)16(2,23-15)12-11(15)21-7-5-3-4-6-8(7)22-12/h3-6,9-10H,1-2H3,(H,17,18)(H,19,20). The Hall–Kier alpha value is -2.54. The van der Waals surface area contributed by atoms with Crippen LogP contribution in [-0.2, 0) is 14.3 Å². The zero-order valence-corrected chi connectivity index (χ0v) is 12.4. The molecule has 3 aliphatic heterocycles. The lowest BCUT2D eigenvalue weighted by Gasteiger charge is -2.36. The summed E-state index contributed by atoms with van der Waals surface area (Å²) in [6.07, 6.45) is 0. The number of carbonyl (C=O) groups is 2. The summed E-state index contributed by atoms with van der Waals surface area (Å²) in [5.74, 6) is -3.64. The number of rotatable bonds is 2. The van der Waals surface area contributed by atoms with Crippen LogP contribution in [0.15, 0.2) is 35.8 Å². The zero-order chi connectivity index (χ0) is 16.6. The first kappa shape index (κ1) is 14.1. The molecule has 0 radical (unpaired) electrons. The van der Waals surface area contributed by atoms with Crippen LogP contribution < -0.4 is 9.47 Å². The Kier molecular flexibility index (Phi) is 2.48. The number of hydrogen-bond acceptors (Lipinski definition) is 5. The van der Waals surface area contributed by atoms with Crippen molar-refractivity contribution in [1.82, 2.24) is 0 Å². The van der Waals surface area contributed by atoms with Gasteiger partial charge in [-0.05, 0) is 26.0 Å². The van der Waals surface area contributed by atoms with Gasteiger partial charge in [-0.3, -0.25) is 9.59 Å². The van der Waals surface area contributed by atoms with Crippen molar-refractivity contribution in [1.29, 1.82) is 0 Å². The fourth-order valence-corrected chi connectivity index (χ4v) is 3.92. The molecule has 0 aromatic heterocycles. The molecule has 4 atom stereocenters. The van der Waals surface area contributed by atoms with Crippen LogP contribution in [0.3, 0.4) is 0 Å². The predicted molar refractivity (Wildman–Crippen MR) is 74.9 cm³/mol. The molecule has 23 heavy (non-hydrogen) atoms. The van der Waals surface area contributed by atoms with Gasteiger partial charge in [0.2, 0.25) is 0 Å². The van der Waals surface area contributed by atoms with E-state index in [1.807, 2.05) is 0 Å². The van der Waals surface area contributed by atoms with Gasteiger partial charge in [0.1, 0.15) is 23.0 Å². The molecule has 3 heterocycles. The van der Waals surface area contributed by atoms with E-state index in [0.717, 1.165) is 0 Å². The van der Waals surface area contributed by atoms with Crippen molar-refractivity contribution in [2.45, 2.75) is 25.0 Å². The maximum absolute atomic E-state index is 11.7. The molecule has 0 aliphatic carbocycles. The summed E-state index contributed by atoms with van der Waals surface area (Å²) in [4.78, 5) is 23.4. The van der Waals surface area contributed by atoms with Crippen molar-refractivity contribution in [3.63, 3.8) is 0 Å². The van der Waals surface area contributed by atoms with Crippen molar-refractivity contribution in [2.24, 2.45) is 11.8 Å². The average Bonchev–Trinajstić information content (AvgIpc) is 2.87. The predicted octanol–water partition coefficient (Wildman–Crippen LogP) is 1.63. The Morgan fingerprint density at radius 2 is 1.30 bits per heavy atom. The second-order valence-corrected chi connectivity index (χ2v) is 6.26. The first-order chi connectivity index (χ1) is 10.8. The molecule has 4 rings (SSSR count). The third-order valence-electron chi connectivity index (χ3n) is 4.86. The second-order valence-electron chi connectivity index (χ2n) is 6.26. The topological polar surface area (TPSA) is 102 Å². The van der Waals surface area contributed by atoms with Crippen molar-refractivity contribution in [3.05, 3.63) is 35.8 Å². The van der Waals surface area contributed by atoms with E-state index in [9.17, 15) is 19.8 Å². The molecule has 2 N–H and O–H groups in total. The zero-order valence-electron chi connectivity index (χ0n) is 12.4. The number of aliphatic carboxylic acids is 2. The molecule has 7 heteroatoms. The molecule has 4 unspecified atom stereocenters. The lowest BCUT2D eigenvalue weighted by molar-refractivity contribution is -0.156. The van der Waals surface area contributed by atoms with Gasteiger partial charge in [-0.2, -0.15) is 0 Å². The molecule has 0 amide bonds. The van der Waals surface area contributed by atoms with E-state index in [4.69, 9.17) is 14.2 Å². The molecule has 2 bridgehead atoms. The van der Waals surface area contributed by atoms with E-state index >= 15 is 0 Å². The van der Waals surface area contributed by atoms with Crippen LogP contribution in [0, 0.1) is 11.8 Å². The van der Waals surface area contributed by atoms with Gasteiger partial charge in [-0.25, -0.2) is 0 Å². The minimum atomic E-state index is -1.40. The van der Waals surface area contributed by atoms with Crippen molar-refractivity contribution < 1.29 is 34.0 Å². The largest absolute Gasteiger partial charge is 0.481 e. The quantitative estimate of drug-likeness (QED) is 0.854. The van der Waals surface area contributed by atoms with Gasteiger partial charge in [0.15, 0.2) is 23.0 Å². The lowest BCUT2D eigenvalue weighted by atomic mass is 9.69. The van der Waals surface area contributed by atoms with Gasteiger partial charge in [-0.1, -0.05) is 12.1 Å². The fraction of sp³-hybridized carbons (Fsp3) is 0.375. The summed E-state index contributed by atoms with van der Waals surface area (Å²) < 4.78 is 17.6. The summed E-state index contributed by atoms with van der Waals surface area (Å²) in [5, 5.41) is 19.1. The van der Waals surface area contributed by atoms with E-state index in [0.29, 0.717) is 11.5 Å². The van der Waals surface area contributed by atoms with E-state index < -0.39 is 35.0 Å². The van der Waals surface area contributed by atoms with Crippen LogP contribution in [0.5, 0.6) is 11.5 Å². The molecule has 3 aliphatic rings. The molecule has 7 nitrogen and oxygen atoms in total. The van der Waals surface area contributed by atoms with Gasteiger partial charge in [0.05, 0.1) is 0 Å². The van der Waals surface area contributed by atoms with E-state index in [2.05, 4.69) is 0 Å². The van der Waals surface area contributed by atoms with Gasteiger partial charge >= 0.3 is 11.9 Å². The van der Waals surface area contributed by atoms with E-state index in [1.165, 1.54) is 13.8 Å². The van der Waals surface area contributed by atoms with Crippen molar-refractivity contribution in [3.8, 4) is 11.5 Å². The maximum Gasteiger partial charge on any atom is 0.310 e. The Bertz CT molecular complexity index is 719. The molecular weight excluding hydrogens is 304 g/mol. The molecule has 1 aromatic carbocycles. The second kappa shape index (κ2) is 4.05. The smallest absolute Gasteiger partial charge is 0.310 e. The number of fused-ring (bicyclic) bond motifs is 5. The van der Waals surface area contributed by atoms with Crippen LogP contribution >= 0.6 is 0 Å². The Morgan fingerprint density at radius 1 is 0.913 bits per heavy atom. The van der Waals surface area contributed by atoms with Crippen LogP contribution in [0.4, 0.5) is 0 Å². The van der Waals surface area contributed by atoms with Gasteiger partial charge in [0, 0.05) is 0 Å². The molecule has 120 valence electrons. The number of para-hydroxylation sites is 2. The molecular formula is C16H14O7. The molecule has 0 saturated carbocycles. The Labute approximate surface area is 131 Å². The minimum absolute atomic E-state index is 0.239. The molecule has 1 saturated heterocycles. The number of benzene rings is 1. The van der Waals surface area contributed by atoms with Crippen LogP contribution in [0.2, 0.25) is 0 Å². The number of carboxylic acids is 2. The van der Waals surface area contributed by atoms with Crippen molar-refractivity contribution >= 4 is 11.9 Å². The highest BCUT2D eigenvalue weighted by Crippen LogP contribution is 2.62. The van der Waals surface area contributed by atoms with E-state index in [1.54, 1.807) is 24.3 Å². The first-order valence-electron chi connectivity index (χ1n) is 7.15. The van der Waals surface area contributed by atoms with Gasteiger partial charge in [0.25, 0.3) is 0 Å². The highest BCUT2D eigenvalue weighted by atomic mass is 16.6.